The van der Waals surface area contributed by atoms with E-state index in [9.17, 15) is 0 Å². The second kappa shape index (κ2) is 8.51. The van der Waals surface area contributed by atoms with Crippen molar-refractivity contribution in [2.45, 2.75) is 20.0 Å². The molecule has 0 saturated heterocycles. The van der Waals surface area contributed by atoms with Crippen LogP contribution in [0.5, 0.6) is 0 Å². The minimum absolute atomic E-state index is 0.948. The first-order chi connectivity index (χ1) is 9.88. The highest BCUT2D eigenvalue weighted by Gasteiger charge is 2.02. The van der Waals surface area contributed by atoms with Gasteiger partial charge in [0.2, 0.25) is 0 Å². The van der Waals surface area contributed by atoms with Crippen molar-refractivity contribution in [3.8, 4) is 0 Å². The standard InChI is InChI=1S/C18H24N2/c1-2-20(16-18-11-7-4-8-12-18)14-13-19-15-17-9-5-3-6-10-17/h3-12,19H,2,13-16H2,1H3. The summed E-state index contributed by atoms with van der Waals surface area (Å²) in [4.78, 5) is 2.47. The maximum absolute atomic E-state index is 3.51. The Balaban J connectivity index is 1.69. The Labute approximate surface area is 122 Å². The zero-order chi connectivity index (χ0) is 14.0. The van der Waals surface area contributed by atoms with Gasteiger partial charge in [-0.15, -0.1) is 0 Å². The molecular formula is C18H24N2. The summed E-state index contributed by atoms with van der Waals surface area (Å²) >= 11 is 0. The van der Waals surface area contributed by atoms with Gasteiger partial charge in [0.15, 0.2) is 0 Å². The van der Waals surface area contributed by atoms with E-state index in [4.69, 9.17) is 0 Å². The van der Waals surface area contributed by atoms with E-state index in [1.165, 1.54) is 11.1 Å². The Morgan fingerprint density at radius 2 is 1.45 bits per heavy atom. The summed E-state index contributed by atoms with van der Waals surface area (Å²) in [5, 5.41) is 3.51. The molecule has 0 atom stereocenters. The van der Waals surface area contributed by atoms with Gasteiger partial charge in [0.05, 0.1) is 0 Å². The van der Waals surface area contributed by atoms with Gasteiger partial charge >= 0.3 is 0 Å². The first kappa shape index (κ1) is 14.8. The van der Waals surface area contributed by atoms with Crippen LogP contribution in [0.1, 0.15) is 18.1 Å². The SMILES string of the molecule is CCN(CCNCc1ccccc1)Cc1ccccc1. The fourth-order valence-electron chi connectivity index (χ4n) is 2.26. The molecule has 2 aromatic carbocycles. The summed E-state index contributed by atoms with van der Waals surface area (Å²) in [7, 11) is 0. The largest absolute Gasteiger partial charge is 0.311 e. The van der Waals surface area contributed by atoms with Gasteiger partial charge in [0, 0.05) is 26.2 Å². The Morgan fingerprint density at radius 3 is 2.05 bits per heavy atom. The van der Waals surface area contributed by atoms with E-state index in [-0.39, 0.29) is 0 Å². The van der Waals surface area contributed by atoms with E-state index < -0.39 is 0 Å². The van der Waals surface area contributed by atoms with Gasteiger partial charge in [-0.2, -0.15) is 0 Å². The molecule has 0 amide bonds. The molecule has 1 N–H and O–H groups in total. The summed E-state index contributed by atoms with van der Waals surface area (Å²) < 4.78 is 0. The lowest BCUT2D eigenvalue weighted by Crippen LogP contribution is -2.31. The lowest BCUT2D eigenvalue weighted by Gasteiger charge is -2.20. The Kier molecular flexibility index (Phi) is 6.28. The summed E-state index contributed by atoms with van der Waals surface area (Å²) in [5.41, 5.74) is 2.73. The number of benzene rings is 2. The molecular weight excluding hydrogens is 244 g/mol. The molecule has 0 bridgehead atoms. The second-order valence-electron chi connectivity index (χ2n) is 5.02. The van der Waals surface area contributed by atoms with Crippen LogP contribution in [0.15, 0.2) is 60.7 Å². The van der Waals surface area contributed by atoms with Crippen molar-refractivity contribution in [1.82, 2.24) is 10.2 Å². The van der Waals surface area contributed by atoms with Crippen molar-refractivity contribution in [2.75, 3.05) is 19.6 Å². The second-order valence-corrected chi connectivity index (χ2v) is 5.02. The van der Waals surface area contributed by atoms with Gasteiger partial charge in [0.25, 0.3) is 0 Å². The predicted molar refractivity (Wildman–Crippen MR) is 85.5 cm³/mol. The van der Waals surface area contributed by atoms with Gasteiger partial charge in [-0.25, -0.2) is 0 Å². The predicted octanol–water partition coefficient (Wildman–Crippen LogP) is 3.30. The minimum Gasteiger partial charge on any atom is -0.311 e. The van der Waals surface area contributed by atoms with Gasteiger partial charge < -0.3 is 5.32 Å². The van der Waals surface area contributed by atoms with Crippen LogP contribution in [0.4, 0.5) is 0 Å². The molecule has 0 unspecified atom stereocenters. The molecule has 106 valence electrons. The van der Waals surface area contributed by atoms with Crippen LogP contribution in [0.25, 0.3) is 0 Å². The minimum atomic E-state index is 0.948. The van der Waals surface area contributed by atoms with Gasteiger partial charge in [-0.3, -0.25) is 4.90 Å². The molecule has 0 fully saturated rings. The highest BCUT2D eigenvalue weighted by Crippen LogP contribution is 2.03. The molecule has 0 aliphatic rings. The molecule has 0 saturated carbocycles. The van der Waals surface area contributed by atoms with E-state index >= 15 is 0 Å². The fourth-order valence-corrected chi connectivity index (χ4v) is 2.26. The highest BCUT2D eigenvalue weighted by atomic mass is 15.1. The maximum Gasteiger partial charge on any atom is 0.0234 e. The molecule has 0 aliphatic heterocycles. The van der Waals surface area contributed by atoms with E-state index in [1.54, 1.807) is 0 Å². The monoisotopic (exact) mass is 268 g/mol. The lowest BCUT2D eigenvalue weighted by atomic mass is 10.2. The number of rotatable bonds is 8. The smallest absolute Gasteiger partial charge is 0.0234 e. The lowest BCUT2D eigenvalue weighted by molar-refractivity contribution is 0.279. The number of hydrogen-bond acceptors (Lipinski definition) is 2. The maximum atomic E-state index is 3.51. The first-order valence-electron chi connectivity index (χ1n) is 7.39. The van der Waals surface area contributed by atoms with E-state index in [0.717, 1.165) is 32.7 Å². The summed E-state index contributed by atoms with van der Waals surface area (Å²) in [6, 6.07) is 21.2. The normalized spacial score (nSPS) is 10.9. The molecule has 2 nitrogen and oxygen atoms in total. The van der Waals surface area contributed by atoms with Gasteiger partial charge in [-0.1, -0.05) is 67.6 Å². The first-order valence-corrected chi connectivity index (χ1v) is 7.39. The molecule has 0 aliphatic carbocycles. The van der Waals surface area contributed by atoms with Crippen molar-refractivity contribution in [3.05, 3.63) is 71.8 Å². The van der Waals surface area contributed by atoms with Crippen LogP contribution in [-0.4, -0.2) is 24.5 Å². The van der Waals surface area contributed by atoms with Crippen LogP contribution in [0.2, 0.25) is 0 Å². The average molecular weight is 268 g/mol. The van der Waals surface area contributed by atoms with E-state index in [0.29, 0.717) is 0 Å². The molecule has 0 aromatic heterocycles. The molecule has 20 heavy (non-hydrogen) atoms. The number of likely N-dealkylation sites (N-methyl/N-ethyl adjacent to an activating group) is 1. The third-order valence-corrected chi connectivity index (χ3v) is 3.47. The molecule has 2 rings (SSSR count). The molecule has 0 heterocycles. The molecule has 2 heteroatoms. The Hall–Kier alpha value is -1.64. The topological polar surface area (TPSA) is 15.3 Å². The Morgan fingerprint density at radius 1 is 0.850 bits per heavy atom. The van der Waals surface area contributed by atoms with Crippen LogP contribution in [-0.2, 0) is 13.1 Å². The van der Waals surface area contributed by atoms with E-state index in [2.05, 4.69) is 77.8 Å². The highest BCUT2D eigenvalue weighted by molar-refractivity contribution is 5.15. The fraction of sp³-hybridized carbons (Fsp3) is 0.333. The summed E-state index contributed by atoms with van der Waals surface area (Å²) in [6.07, 6.45) is 0. The van der Waals surface area contributed by atoms with Crippen molar-refractivity contribution in [1.29, 1.82) is 0 Å². The third-order valence-electron chi connectivity index (χ3n) is 3.47. The zero-order valence-corrected chi connectivity index (χ0v) is 12.3. The van der Waals surface area contributed by atoms with Crippen molar-refractivity contribution >= 4 is 0 Å². The van der Waals surface area contributed by atoms with Crippen molar-refractivity contribution < 1.29 is 0 Å². The van der Waals surface area contributed by atoms with Crippen molar-refractivity contribution in [3.63, 3.8) is 0 Å². The summed E-state index contributed by atoms with van der Waals surface area (Å²) in [6.45, 7) is 7.39. The number of nitrogens with zero attached hydrogens (tertiary/aromatic N) is 1. The third kappa shape index (κ3) is 5.16. The number of nitrogens with one attached hydrogen (secondary N) is 1. The molecule has 0 radical (unpaired) electrons. The van der Waals surface area contributed by atoms with Crippen LogP contribution < -0.4 is 5.32 Å². The molecule has 2 aromatic rings. The van der Waals surface area contributed by atoms with Crippen LogP contribution >= 0.6 is 0 Å². The number of hydrogen-bond donors (Lipinski definition) is 1. The van der Waals surface area contributed by atoms with Gasteiger partial charge in [0.1, 0.15) is 0 Å². The quantitative estimate of drug-likeness (QED) is 0.739. The van der Waals surface area contributed by atoms with Crippen LogP contribution in [0.3, 0.4) is 0 Å². The summed E-state index contributed by atoms with van der Waals surface area (Å²) in [5.74, 6) is 0. The zero-order valence-electron chi connectivity index (χ0n) is 12.3. The van der Waals surface area contributed by atoms with Crippen LogP contribution in [0, 0.1) is 0 Å². The average Bonchev–Trinajstić information content (AvgIpc) is 2.52. The van der Waals surface area contributed by atoms with Gasteiger partial charge in [-0.05, 0) is 17.7 Å². The van der Waals surface area contributed by atoms with E-state index in [1.807, 2.05) is 0 Å². The van der Waals surface area contributed by atoms with Crippen molar-refractivity contribution in [2.24, 2.45) is 0 Å². The Bertz CT molecular complexity index is 467. The molecule has 0 spiro atoms.